The van der Waals surface area contributed by atoms with Crippen molar-refractivity contribution in [2.75, 3.05) is 6.54 Å². The van der Waals surface area contributed by atoms with Crippen molar-refractivity contribution in [1.82, 2.24) is 5.32 Å². The minimum Gasteiger partial charge on any atom is -0.480 e. The van der Waals surface area contributed by atoms with E-state index in [0.29, 0.717) is 18.9 Å². The Morgan fingerprint density at radius 1 is 1.62 bits per heavy atom. The van der Waals surface area contributed by atoms with E-state index in [9.17, 15) is 9.90 Å². The third-order valence-corrected chi connectivity index (χ3v) is 3.66. The van der Waals surface area contributed by atoms with E-state index in [4.69, 9.17) is 6.42 Å². The summed E-state index contributed by atoms with van der Waals surface area (Å²) in [6.45, 7) is 4.51. The van der Waals surface area contributed by atoms with Crippen molar-refractivity contribution in [3.63, 3.8) is 0 Å². The van der Waals surface area contributed by atoms with Crippen LogP contribution in [0.4, 0.5) is 0 Å². The molecule has 90 valence electrons. The van der Waals surface area contributed by atoms with Gasteiger partial charge in [0.1, 0.15) is 5.54 Å². The van der Waals surface area contributed by atoms with Gasteiger partial charge in [0.05, 0.1) is 6.54 Å². The number of hydrogen-bond donors (Lipinski definition) is 2. The molecule has 1 fully saturated rings. The first kappa shape index (κ1) is 13.1. The van der Waals surface area contributed by atoms with Gasteiger partial charge in [-0.3, -0.25) is 10.1 Å². The van der Waals surface area contributed by atoms with Gasteiger partial charge in [0.15, 0.2) is 0 Å². The fraction of sp³-hybridized carbons (Fsp3) is 0.769. The SMILES string of the molecule is C#CCNC1(C(=O)O)CCCCC1C(C)C. The van der Waals surface area contributed by atoms with Crippen LogP contribution in [0.2, 0.25) is 0 Å². The highest BCUT2D eigenvalue weighted by Crippen LogP contribution is 2.38. The Balaban J connectivity index is 2.94. The molecule has 1 saturated carbocycles. The van der Waals surface area contributed by atoms with Gasteiger partial charge in [-0.05, 0) is 24.7 Å². The first-order chi connectivity index (χ1) is 7.54. The lowest BCUT2D eigenvalue weighted by atomic mass is 9.68. The van der Waals surface area contributed by atoms with Crippen molar-refractivity contribution in [3.05, 3.63) is 0 Å². The molecule has 1 rings (SSSR count). The quantitative estimate of drug-likeness (QED) is 0.715. The molecule has 16 heavy (non-hydrogen) atoms. The highest BCUT2D eigenvalue weighted by molar-refractivity contribution is 5.79. The summed E-state index contributed by atoms with van der Waals surface area (Å²) in [5.74, 6) is 2.27. The molecule has 2 atom stereocenters. The van der Waals surface area contributed by atoms with Gasteiger partial charge in [0, 0.05) is 0 Å². The molecular weight excluding hydrogens is 202 g/mol. The number of hydrogen-bond acceptors (Lipinski definition) is 2. The lowest BCUT2D eigenvalue weighted by molar-refractivity contribution is -0.150. The van der Waals surface area contributed by atoms with Crippen molar-refractivity contribution in [2.45, 2.75) is 45.1 Å². The number of carboxylic acid groups (broad SMARTS) is 1. The second kappa shape index (κ2) is 5.36. The Bertz CT molecular complexity index is 293. The van der Waals surface area contributed by atoms with Crippen LogP contribution in [0.15, 0.2) is 0 Å². The summed E-state index contributed by atoms with van der Waals surface area (Å²) in [4.78, 5) is 11.6. The fourth-order valence-corrected chi connectivity index (χ4v) is 2.87. The average Bonchev–Trinajstić information content (AvgIpc) is 2.26. The van der Waals surface area contributed by atoms with E-state index in [1.165, 1.54) is 0 Å². The molecule has 0 bridgehead atoms. The van der Waals surface area contributed by atoms with Crippen LogP contribution in [0.25, 0.3) is 0 Å². The fourth-order valence-electron chi connectivity index (χ4n) is 2.87. The second-order valence-electron chi connectivity index (χ2n) is 4.93. The lowest BCUT2D eigenvalue weighted by Gasteiger charge is -2.43. The summed E-state index contributed by atoms with van der Waals surface area (Å²) >= 11 is 0. The van der Waals surface area contributed by atoms with E-state index < -0.39 is 11.5 Å². The molecule has 1 aliphatic rings. The van der Waals surface area contributed by atoms with Crippen molar-refractivity contribution < 1.29 is 9.90 Å². The van der Waals surface area contributed by atoms with Gasteiger partial charge in [-0.25, -0.2) is 0 Å². The van der Waals surface area contributed by atoms with Crippen LogP contribution >= 0.6 is 0 Å². The van der Waals surface area contributed by atoms with Crippen molar-refractivity contribution in [3.8, 4) is 12.3 Å². The first-order valence-electron chi connectivity index (χ1n) is 5.96. The molecule has 3 nitrogen and oxygen atoms in total. The largest absolute Gasteiger partial charge is 0.480 e. The molecule has 0 spiro atoms. The van der Waals surface area contributed by atoms with Crippen molar-refractivity contribution in [1.29, 1.82) is 0 Å². The van der Waals surface area contributed by atoms with Gasteiger partial charge in [-0.1, -0.05) is 32.6 Å². The topological polar surface area (TPSA) is 49.3 Å². The van der Waals surface area contributed by atoms with Crippen LogP contribution in [0.3, 0.4) is 0 Å². The predicted octanol–water partition coefficient (Wildman–Crippen LogP) is 1.88. The molecule has 0 aromatic carbocycles. The molecule has 0 radical (unpaired) electrons. The minimum absolute atomic E-state index is 0.173. The zero-order valence-corrected chi connectivity index (χ0v) is 10.1. The maximum atomic E-state index is 11.6. The lowest BCUT2D eigenvalue weighted by Crippen LogP contribution is -2.60. The number of carbonyl (C=O) groups is 1. The van der Waals surface area contributed by atoms with Gasteiger partial charge in [0.2, 0.25) is 0 Å². The molecule has 0 saturated heterocycles. The molecule has 1 aliphatic carbocycles. The molecular formula is C13H21NO2. The van der Waals surface area contributed by atoms with Gasteiger partial charge in [-0.15, -0.1) is 6.42 Å². The molecule has 3 heteroatoms. The molecule has 0 heterocycles. The highest BCUT2D eigenvalue weighted by Gasteiger charge is 2.47. The van der Waals surface area contributed by atoms with E-state index >= 15 is 0 Å². The molecule has 0 aromatic heterocycles. The number of rotatable bonds is 4. The summed E-state index contributed by atoms with van der Waals surface area (Å²) in [7, 11) is 0. The van der Waals surface area contributed by atoms with Crippen LogP contribution in [0.5, 0.6) is 0 Å². The van der Waals surface area contributed by atoms with Crippen LogP contribution < -0.4 is 5.32 Å². The predicted molar refractivity (Wildman–Crippen MR) is 64.0 cm³/mol. The monoisotopic (exact) mass is 223 g/mol. The Morgan fingerprint density at radius 3 is 2.81 bits per heavy atom. The van der Waals surface area contributed by atoms with Gasteiger partial charge in [0.25, 0.3) is 0 Å². The Labute approximate surface area is 97.6 Å². The summed E-state index contributed by atoms with van der Waals surface area (Å²) in [6, 6.07) is 0. The summed E-state index contributed by atoms with van der Waals surface area (Å²) in [6.07, 6.45) is 8.97. The molecule has 2 N–H and O–H groups in total. The Kier molecular flexibility index (Phi) is 4.37. The molecule has 0 amide bonds. The zero-order chi connectivity index (χ0) is 12.2. The van der Waals surface area contributed by atoms with Crippen molar-refractivity contribution >= 4 is 5.97 Å². The summed E-state index contributed by atoms with van der Waals surface area (Å²) in [5, 5.41) is 12.6. The van der Waals surface area contributed by atoms with E-state index in [0.717, 1.165) is 19.3 Å². The van der Waals surface area contributed by atoms with E-state index in [-0.39, 0.29) is 5.92 Å². The smallest absolute Gasteiger partial charge is 0.324 e. The highest BCUT2D eigenvalue weighted by atomic mass is 16.4. The third-order valence-electron chi connectivity index (χ3n) is 3.66. The molecule has 2 unspecified atom stereocenters. The Hall–Kier alpha value is -1.01. The molecule has 0 aliphatic heterocycles. The van der Waals surface area contributed by atoms with Gasteiger partial charge >= 0.3 is 5.97 Å². The summed E-state index contributed by atoms with van der Waals surface area (Å²) < 4.78 is 0. The first-order valence-corrected chi connectivity index (χ1v) is 5.96. The van der Waals surface area contributed by atoms with Crippen LogP contribution in [0.1, 0.15) is 39.5 Å². The second-order valence-corrected chi connectivity index (χ2v) is 4.93. The van der Waals surface area contributed by atoms with Gasteiger partial charge in [-0.2, -0.15) is 0 Å². The third kappa shape index (κ3) is 2.38. The Morgan fingerprint density at radius 2 is 2.31 bits per heavy atom. The maximum Gasteiger partial charge on any atom is 0.324 e. The van der Waals surface area contributed by atoms with Crippen LogP contribution in [0, 0.1) is 24.2 Å². The maximum absolute atomic E-state index is 11.6. The standard InChI is InChI=1S/C13H21NO2/c1-4-9-14-13(12(15)16)8-6-5-7-11(13)10(2)3/h1,10-11,14H,5-9H2,2-3H3,(H,15,16). The van der Waals surface area contributed by atoms with E-state index in [2.05, 4.69) is 25.1 Å². The number of aliphatic carboxylic acids is 1. The van der Waals surface area contributed by atoms with Crippen molar-refractivity contribution in [2.24, 2.45) is 11.8 Å². The zero-order valence-electron chi connectivity index (χ0n) is 10.1. The molecule has 0 aromatic rings. The van der Waals surface area contributed by atoms with E-state index in [1.807, 2.05) is 0 Å². The summed E-state index contributed by atoms with van der Waals surface area (Å²) in [5.41, 5.74) is -0.807. The minimum atomic E-state index is -0.807. The van der Waals surface area contributed by atoms with E-state index in [1.54, 1.807) is 0 Å². The average molecular weight is 223 g/mol. The van der Waals surface area contributed by atoms with Crippen LogP contribution in [-0.2, 0) is 4.79 Å². The normalized spacial score (nSPS) is 30.0. The van der Waals surface area contributed by atoms with Crippen LogP contribution in [-0.4, -0.2) is 23.2 Å². The van der Waals surface area contributed by atoms with Gasteiger partial charge < -0.3 is 5.11 Å². The number of carboxylic acids is 1. The number of nitrogens with one attached hydrogen (secondary N) is 1. The number of terminal acetylenes is 1.